The van der Waals surface area contributed by atoms with E-state index >= 15 is 0 Å². The summed E-state index contributed by atoms with van der Waals surface area (Å²) >= 11 is 0. The molecule has 20 heavy (non-hydrogen) atoms. The molecule has 0 radical (unpaired) electrons. The lowest BCUT2D eigenvalue weighted by Gasteiger charge is -2.27. The van der Waals surface area contributed by atoms with Crippen LogP contribution in [0.1, 0.15) is 13.3 Å². The normalized spacial score (nSPS) is 10.8. The summed E-state index contributed by atoms with van der Waals surface area (Å²) in [4.78, 5) is 22.3. The molecule has 0 atom stereocenters. The topological polar surface area (TPSA) is 52.6 Å². The molecule has 0 spiro atoms. The molecule has 6 heteroatoms. The highest BCUT2D eigenvalue weighted by Crippen LogP contribution is 1.98. The van der Waals surface area contributed by atoms with E-state index in [4.69, 9.17) is 4.74 Å². The number of carbonyl (C=O) groups excluding carboxylic acids is 2. The predicted octanol–water partition coefficient (Wildman–Crippen LogP) is -1.69. The van der Waals surface area contributed by atoms with E-state index in [9.17, 15) is 9.59 Å². The first-order valence-corrected chi connectivity index (χ1v) is 6.36. The van der Waals surface area contributed by atoms with Gasteiger partial charge in [0.25, 0.3) is 0 Å². The van der Waals surface area contributed by atoms with Gasteiger partial charge in [0.1, 0.15) is 6.61 Å². The molecule has 0 bridgehead atoms. The number of ether oxygens (including phenoxy) is 2. The van der Waals surface area contributed by atoms with E-state index in [1.54, 1.807) is 0 Å². The third kappa shape index (κ3) is 12.2. The van der Waals surface area contributed by atoms with Crippen LogP contribution in [0.5, 0.6) is 0 Å². The van der Waals surface area contributed by atoms with Crippen molar-refractivity contribution in [3.8, 4) is 0 Å². The Hall–Kier alpha value is -0.890. The summed E-state index contributed by atoms with van der Waals surface area (Å²) in [6, 6.07) is 0. The Morgan fingerprint density at radius 1 is 1.15 bits per heavy atom. The minimum Gasteiger partial charge on any atom is -1.00 e. The third-order valence-corrected chi connectivity index (χ3v) is 2.71. The second-order valence-electron chi connectivity index (χ2n) is 4.75. The number of quaternary nitrogens is 1. The van der Waals surface area contributed by atoms with Crippen molar-refractivity contribution >= 4 is 11.9 Å². The molecule has 0 saturated carbocycles. The fourth-order valence-electron chi connectivity index (χ4n) is 1.20. The number of hydrogen-bond acceptors (Lipinski definition) is 4. The van der Waals surface area contributed by atoms with Gasteiger partial charge in [-0.3, -0.25) is 0 Å². The van der Waals surface area contributed by atoms with Crippen LogP contribution in [0, 0.1) is 0 Å². The second kappa shape index (κ2) is 11.9. The molecule has 5 nitrogen and oxygen atoms in total. The lowest BCUT2D eigenvalue weighted by atomic mass is 10.3. The lowest BCUT2D eigenvalue weighted by molar-refractivity contribution is -0.888. The summed E-state index contributed by atoms with van der Waals surface area (Å²) in [6.45, 7) is 7.98. The number of rotatable bonds is 9. The molecule has 0 aromatic heterocycles. The Labute approximate surface area is 138 Å². The first kappa shape index (κ1) is 21.4. The van der Waals surface area contributed by atoms with Gasteiger partial charge in [-0.2, -0.15) is 0 Å². The van der Waals surface area contributed by atoms with Crippen molar-refractivity contribution in [3.63, 3.8) is 0 Å². The van der Waals surface area contributed by atoms with Crippen molar-refractivity contribution in [2.45, 2.75) is 13.3 Å². The van der Waals surface area contributed by atoms with Gasteiger partial charge in [0.05, 0.1) is 33.8 Å². The zero-order valence-electron chi connectivity index (χ0n) is 12.4. The van der Waals surface area contributed by atoms with Crippen LogP contribution in [0.25, 0.3) is 0 Å². The van der Waals surface area contributed by atoms with Crippen LogP contribution < -0.4 is 24.0 Å². The molecule has 0 aliphatic rings. The number of halogens is 1. The quantitative estimate of drug-likeness (QED) is 0.116. The average Bonchev–Trinajstić information content (AvgIpc) is 2.39. The monoisotopic (exact) mass is 397 g/mol. The van der Waals surface area contributed by atoms with Crippen molar-refractivity contribution in [1.29, 1.82) is 0 Å². The van der Waals surface area contributed by atoms with Gasteiger partial charge in [-0.1, -0.05) is 12.7 Å². The minimum atomic E-state index is -0.583. The predicted molar refractivity (Wildman–Crippen MR) is 73.4 cm³/mol. The highest BCUT2D eigenvalue weighted by Gasteiger charge is 2.11. The van der Waals surface area contributed by atoms with Crippen molar-refractivity contribution < 1.29 is 47.5 Å². The molecule has 0 unspecified atom stereocenters. The fourth-order valence-corrected chi connectivity index (χ4v) is 1.20. The van der Waals surface area contributed by atoms with E-state index in [0.29, 0.717) is 6.61 Å². The largest absolute Gasteiger partial charge is 1.00 e. The van der Waals surface area contributed by atoms with Crippen LogP contribution in [0.15, 0.2) is 24.8 Å². The van der Waals surface area contributed by atoms with Gasteiger partial charge in [0.2, 0.25) is 0 Å². The second-order valence-corrected chi connectivity index (χ2v) is 4.75. The lowest BCUT2D eigenvalue weighted by Crippen LogP contribution is -3.00. The van der Waals surface area contributed by atoms with Gasteiger partial charge < -0.3 is 37.9 Å². The van der Waals surface area contributed by atoms with E-state index in [-0.39, 0.29) is 30.6 Å². The van der Waals surface area contributed by atoms with Gasteiger partial charge in [-0.15, -0.1) is 0 Å². The Balaban J connectivity index is 0. The van der Waals surface area contributed by atoms with Gasteiger partial charge in [-0.25, -0.2) is 9.59 Å². The molecule has 0 saturated heterocycles. The molecule has 0 aliphatic heterocycles. The summed E-state index contributed by atoms with van der Waals surface area (Å²) in [5.41, 5.74) is 0. The van der Waals surface area contributed by atoms with Crippen LogP contribution in [0.4, 0.5) is 0 Å². The molecule has 0 fully saturated rings. The van der Waals surface area contributed by atoms with Crippen molar-refractivity contribution in [3.05, 3.63) is 24.8 Å². The first-order valence-electron chi connectivity index (χ1n) is 6.36. The third-order valence-electron chi connectivity index (χ3n) is 2.71. The van der Waals surface area contributed by atoms with Gasteiger partial charge >= 0.3 is 11.9 Å². The Bertz CT molecular complexity index is 340. The van der Waals surface area contributed by atoms with Crippen LogP contribution in [0.2, 0.25) is 0 Å². The maximum Gasteiger partial charge on any atom is 0.331 e. The fraction of sp³-hybridized carbons (Fsp3) is 0.571. The van der Waals surface area contributed by atoms with Crippen molar-refractivity contribution in [1.82, 2.24) is 0 Å². The molecule has 116 valence electrons. The zero-order chi connectivity index (χ0) is 14.7. The highest BCUT2D eigenvalue weighted by atomic mass is 127. The van der Waals surface area contributed by atoms with Crippen molar-refractivity contribution in [2.24, 2.45) is 0 Å². The summed E-state index contributed by atoms with van der Waals surface area (Å²) in [6.07, 6.45) is 4.38. The average molecular weight is 397 g/mol. The van der Waals surface area contributed by atoms with Gasteiger partial charge in [0.15, 0.2) is 0 Å². The Morgan fingerprint density at radius 3 is 2.20 bits per heavy atom. The highest BCUT2D eigenvalue weighted by molar-refractivity contribution is 5.91. The SMILES string of the molecule is C=CCOC(=O)C=CC(=O)OCCC[N+](C)(C)CC.[I-]. The van der Waals surface area contributed by atoms with E-state index in [1.165, 1.54) is 6.08 Å². The number of esters is 2. The smallest absolute Gasteiger partial charge is 0.331 e. The molecule has 0 rings (SSSR count). The van der Waals surface area contributed by atoms with Gasteiger partial charge in [0, 0.05) is 18.6 Å². The maximum atomic E-state index is 11.3. The molecule has 0 aliphatic carbocycles. The molecule has 0 amide bonds. The standard InChI is InChI=1S/C14H24NO4.HI/c1-5-11-18-13(16)8-9-14(17)19-12-7-10-15(3,4)6-2;/h5,8-9H,1,6-7,10-12H2,2-4H3;1H/q+1;/p-1. The molecule has 0 aromatic carbocycles. The van der Waals surface area contributed by atoms with E-state index < -0.39 is 11.9 Å². The summed E-state index contributed by atoms with van der Waals surface area (Å²) in [5.74, 6) is -1.11. The van der Waals surface area contributed by atoms with Crippen LogP contribution in [0.3, 0.4) is 0 Å². The number of carbonyl (C=O) groups is 2. The van der Waals surface area contributed by atoms with Crippen LogP contribution in [-0.4, -0.2) is 56.8 Å². The Morgan fingerprint density at radius 2 is 1.70 bits per heavy atom. The first-order chi connectivity index (χ1) is 8.91. The number of nitrogens with zero attached hydrogens (tertiary/aromatic N) is 1. The molecule has 0 aromatic rings. The van der Waals surface area contributed by atoms with Gasteiger partial charge in [-0.05, 0) is 6.92 Å². The summed E-state index contributed by atoms with van der Waals surface area (Å²) < 4.78 is 10.5. The molecule has 0 heterocycles. The van der Waals surface area contributed by atoms with Crippen LogP contribution in [-0.2, 0) is 19.1 Å². The zero-order valence-corrected chi connectivity index (χ0v) is 14.6. The van der Waals surface area contributed by atoms with E-state index in [0.717, 1.165) is 36.1 Å². The molecular weight excluding hydrogens is 373 g/mol. The molecular formula is C14H24INO4. The summed E-state index contributed by atoms with van der Waals surface area (Å²) in [5, 5.41) is 0. The minimum absolute atomic E-state index is 0. The summed E-state index contributed by atoms with van der Waals surface area (Å²) in [7, 11) is 4.24. The number of hydrogen-bond donors (Lipinski definition) is 0. The van der Waals surface area contributed by atoms with Crippen molar-refractivity contribution in [2.75, 3.05) is 40.4 Å². The van der Waals surface area contributed by atoms with E-state index in [2.05, 4.69) is 32.3 Å². The van der Waals surface area contributed by atoms with Crippen LogP contribution >= 0.6 is 0 Å². The maximum absolute atomic E-state index is 11.3. The van der Waals surface area contributed by atoms with E-state index in [1.807, 2.05) is 0 Å². The molecule has 0 N–H and O–H groups in total. The Kier molecular flexibility index (Phi) is 12.7.